The zero-order valence-corrected chi connectivity index (χ0v) is 14.5. The molecule has 4 nitrogen and oxygen atoms in total. The Kier molecular flexibility index (Phi) is 5.30. The molecule has 0 atom stereocenters. The highest BCUT2D eigenvalue weighted by atomic mass is 19.1. The highest BCUT2D eigenvalue weighted by Gasteiger charge is 2.25. The van der Waals surface area contributed by atoms with E-state index in [4.69, 9.17) is 0 Å². The van der Waals surface area contributed by atoms with Gasteiger partial charge >= 0.3 is 0 Å². The van der Waals surface area contributed by atoms with E-state index < -0.39 is 17.5 Å². The molecule has 1 fully saturated rings. The Hall–Kier alpha value is -2.76. The lowest BCUT2D eigenvalue weighted by molar-refractivity contribution is 0.0715. The van der Waals surface area contributed by atoms with Gasteiger partial charge in [0, 0.05) is 31.7 Å². The number of benzene rings is 2. The van der Waals surface area contributed by atoms with Gasteiger partial charge in [-0.2, -0.15) is 0 Å². The molecule has 0 aromatic heterocycles. The minimum atomic E-state index is -0.742. The third-order valence-corrected chi connectivity index (χ3v) is 4.60. The number of hydrogen-bond donors (Lipinski definition) is 0. The average Bonchev–Trinajstić information content (AvgIpc) is 2.89. The van der Waals surface area contributed by atoms with Gasteiger partial charge in [0.25, 0.3) is 11.8 Å². The summed E-state index contributed by atoms with van der Waals surface area (Å²) in [4.78, 5) is 28.5. The fourth-order valence-corrected chi connectivity index (χ4v) is 3.14. The monoisotopic (exact) mass is 358 g/mol. The van der Waals surface area contributed by atoms with Gasteiger partial charge in [0.15, 0.2) is 0 Å². The largest absolute Gasteiger partial charge is 0.337 e. The summed E-state index contributed by atoms with van der Waals surface area (Å²) in [6.45, 7) is 3.44. The number of carbonyl (C=O) groups excluding carboxylic acids is 2. The predicted molar refractivity (Wildman–Crippen MR) is 94.0 cm³/mol. The van der Waals surface area contributed by atoms with Gasteiger partial charge in [0.1, 0.15) is 11.6 Å². The van der Waals surface area contributed by atoms with Gasteiger partial charge < -0.3 is 9.80 Å². The van der Waals surface area contributed by atoms with Crippen LogP contribution in [0.3, 0.4) is 0 Å². The van der Waals surface area contributed by atoms with E-state index in [-0.39, 0.29) is 18.0 Å². The van der Waals surface area contributed by atoms with Gasteiger partial charge in [-0.3, -0.25) is 9.59 Å². The Balaban J connectivity index is 1.72. The van der Waals surface area contributed by atoms with E-state index in [9.17, 15) is 18.4 Å². The fourth-order valence-electron chi connectivity index (χ4n) is 3.14. The first kappa shape index (κ1) is 18.0. The normalized spacial score (nSPS) is 14.9. The fraction of sp³-hybridized carbons (Fsp3) is 0.300. The van der Waals surface area contributed by atoms with E-state index >= 15 is 0 Å². The molecule has 2 aromatic rings. The number of amides is 2. The summed E-state index contributed by atoms with van der Waals surface area (Å²) in [5.74, 6) is -2.02. The van der Waals surface area contributed by atoms with Crippen molar-refractivity contribution in [2.45, 2.75) is 13.3 Å². The number of rotatable bonds is 2. The van der Waals surface area contributed by atoms with Crippen LogP contribution in [0, 0.1) is 18.6 Å². The lowest BCUT2D eigenvalue weighted by atomic mass is 10.1. The van der Waals surface area contributed by atoms with E-state index in [0.29, 0.717) is 31.6 Å². The summed E-state index contributed by atoms with van der Waals surface area (Å²) < 4.78 is 27.2. The smallest absolute Gasteiger partial charge is 0.256 e. The van der Waals surface area contributed by atoms with Crippen molar-refractivity contribution in [3.05, 3.63) is 70.8 Å². The molecule has 1 saturated heterocycles. The molecule has 1 aliphatic rings. The summed E-state index contributed by atoms with van der Waals surface area (Å²) in [5.41, 5.74) is 1.27. The van der Waals surface area contributed by atoms with Crippen molar-refractivity contribution >= 4 is 11.8 Å². The maximum Gasteiger partial charge on any atom is 0.256 e. The number of halogens is 2. The number of carbonyl (C=O) groups is 2. The molecule has 2 aromatic carbocycles. The molecule has 1 heterocycles. The van der Waals surface area contributed by atoms with Crippen molar-refractivity contribution < 1.29 is 18.4 Å². The quantitative estimate of drug-likeness (QED) is 0.827. The molecule has 0 saturated carbocycles. The van der Waals surface area contributed by atoms with Crippen LogP contribution in [-0.2, 0) is 0 Å². The van der Waals surface area contributed by atoms with Crippen LogP contribution in [0.15, 0.2) is 42.5 Å². The lowest BCUT2D eigenvalue weighted by Crippen LogP contribution is -2.37. The van der Waals surface area contributed by atoms with E-state index in [1.165, 1.54) is 4.90 Å². The van der Waals surface area contributed by atoms with Gasteiger partial charge in [0.2, 0.25) is 0 Å². The molecule has 3 rings (SSSR count). The van der Waals surface area contributed by atoms with Crippen molar-refractivity contribution in [2.75, 3.05) is 26.2 Å². The second kappa shape index (κ2) is 7.64. The van der Waals surface area contributed by atoms with E-state index in [1.54, 1.807) is 11.0 Å². The number of nitrogens with zero attached hydrogens (tertiary/aromatic N) is 2. The minimum absolute atomic E-state index is 0.0747. The Morgan fingerprint density at radius 1 is 0.846 bits per heavy atom. The summed E-state index contributed by atoms with van der Waals surface area (Å²) in [6.07, 6.45) is 0.584. The van der Waals surface area contributed by atoms with Gasteiger partial charge in [0.05, 0.1) is 5.56 Å². The molecule has 0 N–H and O–H groups in total. The molecular weight excluding hydrogens is 338 g/mol. The minimum Gasteiger partial charge on any atom is -0.337 e. The van der Waals surface area contributed by atoms with Crippen LogP contribution >= 0.6 is 0 Å². The molecule has 1 aliphatic heterocycles. The first-order valence-electron chi connectivity index (χ1n) is 8.56. The summed E-state index contributed by atoms with van der Waals surface area (Å²) in [7, 11) is 0. The van der Waals surface area contributed by atoms with Crippen LogP contribution in [0.1, 0.15) is 32.7 Å². The van der Waals surface area contributed by atoms with Crippen LogP contribution in [0.4, 0.5) is 8.78 Å². The van der Waals surface area contributed by atoms with Gasteiger partial charge in [-0.15, -0.1) is 0 Å². The summed E-state index contributed by atoms with van der Waals surface area (Å²) in [5, 5.41) is 0. The van der Waals surface area contributed by atoms with Crippen molar-refractivity contribution in [1.29, 1.82) is 0 Å². The van der Waals surface area contributed by atoms with E-state index in [1.807, 2.05) is 25.1 Å². The van der Waals surface area contributed by atoms with Gasteiger partial charge in [-0.1, -0.05) is 18.2 Å². The van der Waals surface area contributed by atoms with Crippen LogP contribution in [-0.4, -0.2) is 47.8 Å². The maximum atomic E-state index is 13.9. The first-order valence-corrected chi connectivity index (χ1v) is 8.56. The van der Waals surface area contributed by atoms with Crippen molar-refractivity contribution in [2.24, 2.45) is 0 Å². The molecule has 0 bridgehead atoms. The van der Waals surface area contributed by atoms with Crippen LogP contribution in [0.25, 0.3) is 0 Å². The molecular formula is C20H20F2N2O2. The van der Waals surface area contributed by atoms with E-state index in [0.717, 1.165) is 23.8 Å². The van der Waals surface area contributed by atoms with Crippen molar-refractivity contribution in [3.63, 3.8) is 0 Å². The van der Waals surface area contributed by atoms with Gasteiger partial charge in [-0.25, -0.2) is 8.78 Å². The molecule has 0 radical (unpaired) electrons. The molecule has 136 valence electrons. The Morgan fingerprint density at radius 2 is 1.46 bits per heavy atom. The molecule has 0 spiro atoms. The van der Waals surface area contributed by atoms with Crippen molar-refractivity contribution in [3.8, 4) is 0 Å². The highest BCUT2D eigenvalue weighted by molar-refractivity contribution is 5.96. The number of hydrogen-bond acceptors (Lipinski definition) is 2. The van der Waals surface area contributed by atoms with Crippen LogP contribution < -0.4 is 0 Å². The summed E-state index contributed by atoms with van der Waals surface area (Å²) in [6, 6.07) is 10.2. The lowest BCUT2D eigenvalue weighted by Gasteiger charge is -2.23. The Labute approximate surface area is 151 Å². The summed E-state index contributed by atoms with van der Waals surface area (Å²) >= 11 is 0. The van der Waals surface area contributed by atoms with Crippen LogP contribution in [0.5, 0.6) is 0 Å². The second-order valence-electron chi connectivity index (χ2n) is 6.38. The SMILES string of the molecule is Cc1ccccc1C(=O)N1CCCN(C(=O)c2cc(F)ccc2F)CC1. The average molecular weight is 358 g/mol. The number of aryl methyl sites for hydroxylation is 1. The third kappa shape index (κ3) is 3.74. The van der Waals surface area contributed by atoms with Gasteiger partial charge in [-0.05, 0) is 43.2 Å². The molecule has 2 amide bonds. The first-order chi connectivity index (χ1) is 12.5. The Morgan fingerprint density at radius 3 is 2.12 bits per heavy atom. The molecule has 26 heavy (non-hydrogen) atoms. The van der Waals surface area contributed by atoms with E-state index in [2.05, 4.69) is 0 Å². The Bertz CT molecular complexity index is 838. The highest BCUT2D eigenvalue weighted by Crippen LogP contribution is 2.16. The standard InChI is InChI=1S/C20H20F2N2O2/c1-14-5-2-3-6-16(14)19(25)23-9-4-10-24(12-11-23)20(26)17-13-15(21)7-8-18(17)22/h2-3,5-8,13H,4,9-12H2,1H3. The third-order valence-electron chi connectivity index (χ3n) is 4.60. The maximum absolute atomic E-state index is 13.9. The molecule has 0 aliphatic carbocycles. The topological polar surface area (TPSA) is 40.6 Å². The predicted octanol–water partition coefficient (Wildman–Crippen LogP) is 3.26. The van der Waals surface area contributed by atoms with Crippen LogP contribution in [0.2, 0.25) is 0 Å². The zero-order chi connectivity index (χ0) is 18.7. The van der Waals surface area contributed by atoms with Crippen molar-refractivity contribution in [1.82, 2.24) is 9.80 Å². The molecule has 0 unspecified atom stereocenters. The zero-order valence-electron chi connectivity index (χ0n) is 14.5. The second-order valence-corrected chi connectivity index (χ2v) is 6.38. The molecule has 6 heteroatoms.